The first-order chi connectivity index (χ1) is 24.7. The van der Waals surface area contributed by atoms with Gasteiger partial charge in [-0.15, -0.1) is 0 Å². The van der Waals surface area contributed by atoms with Gasteiger partial charge in [-0.1, -0.05) is 84.9 Å². The van der Waals surface area contributed by atoms with Crippen LogP contribution in [0.1, 0.15) is 5.56 Å². The van der Waals surface area contributed by atoms with Gasteiger partial charge in [0.2, 0.25) is 0 Å². The molecule has 0 bridgehead atoms. The van der Waals surface area contributed by atoms with Gasteiger partial charge in [-0.25, -0.2) is 4.98 Å². The first kappa shape index (κ1) is 28.0. The quantitative estimate of drug-likeness (QED) is 0.193. The molecule has 0 atom stereocenters. The predicted octanol–water partition coefficient (Wildman–Crippen LogP) is 11.0. The zero-order chi connectivity index (χ0) is 33.2. The highest BCUT2D eigenvalue weighted by molar-refractivity contribution is 6.12. The van der Waals surface area contributed by atoms with Crippen LogP contribution >= 0.6 is 0 Å². The molecule has 50 heavy (non-hydrogen) atoms. The van der Waals surface area contributed by atoms with E-state index < -0.39 is 0 Å². The summed E-state index contributed by atoms with van der Waals surface area (Å²) in [6.07, 6.45) is 3.58. The van der Waals surface area contributed by atoms with Gasteiger partial charge in [-0.05, 0) is 89.0 Å². The number of para-hydroxylation sites is 3. The Kier molecular flexibility index (Phi) is 6.17. The average molecular weight is 638 g/mol. The van der Waals surface area contributed by atoms with Crippen LogP contribution in [0.25, 0.3) is 88.3 Å². The van der Waals surface area contributed by atoms with Crippen molar-refractivity contribution in [2.45, 2.75) is 0 Å². The number of hydrogen-bond acceptors (Lipinski definition) is 3. The third-order valence-corrected chi connectivity index (χ3v) is 9.85. The number of hydrogen-bond donors (Lipinski definition) is 0. The van der Waals surface area contributed by atoms with Crippen LogP contribution in [-0.4, -0.2) is 19.1 Å². The Morgan fingerprint density at radius 3 is 1.82 bits per heavy atom. The highest BCUT2D eigenvalue weighted by Crippen LogP contribution is 2.38. The van der Waals surface area contributed by atoms with Gasteiger partial charge in [-0.3, -0.25) is 9.55 Å². The van der Waals surface area contributed by atoms with E-state index in [9.17, 15) is 5.26 Å². The summed E-state index contributed by atoms with van der Waals surface area (Å²) in [5, 5.41) is 15.8. The predicted molar refractivity (Wildman–Crippen MR) is 204 cm³/mol. The summed E-state index contributed by atoms with van der Waals surface area (Å²) in [4.78, 5) is 9.35. The fourth-order valence-electron chi connectivity index (χ4n) is 7.55. The summed E-state index contributed by atoms with van der Waals surface area (Å²) >= 11 is 0. The molecular weight excluding hydrogens is 611 g/mol. The maximum Gasteiger partial charge on any atom is 0.139 e. The SMILES string of the molecule is N#Cc1cc(-n2c3ccccc3c3cc(-c4ccc5c6ccccc6n(-c6ccccc6)c5c4)ccc32)nc2cc(-c3ccncc3)ccc12. The van der Waals surface area contributed by atoms with Crippen molar-refractivity contribution in [1.82, 2.24) is 19.1 Å². The van der Waals surface area contributed by atoms with Crippen LogP contribution < -0.4 is 0 Å². The van der Waals surface area contributed by atoms with Gasteiger partial charge in [0.05, 0.1) is 39.2 Å². The Morgan fingerprint density at radius 1 is 0.440 bits per heavy atom. The summed E-state index contributed by atoms with van der Waals surface area (Å²) in [7, 11) is 0. The summed E-state index contributed by atoms with van der Waals surface area (Å²) in [5.41, 5.74) is 11.3. The number of benzene rings is 6. The highest BCUT2D eigenvalue weighted by Gasteiger charge is 2.18. The largest absolute Gasteiger partial charge is 0.309 e. The Hall–Kier alpha value is -7.03. The van der Waals surface area contributed by atoms with Gasteiger partial charge in [0.25, 0.3) is 0 Å². The van der Waals surface area contributed by atoms with Crippen LogP contribution in [0.5, 0.6) is 0 Å². The molecule has 10 rings (SSSR count). The molecule has 0 saturated heterocycles. The van der Waals surface area contributed by atoms with Crippen molar-refractivity contribution in [3.63, 3.8) is 0 Å². The molecule has 5 nitrogen and oxygen atoms in total. The van der Waals surface area contributed by atoms with Crippen LogP contribution in [0, 0.1) is 11.3 Å². The van der Waals surface area contributed by atoms with Crippen molar-refractivity contribution in [1.29, 1.82) is 5.26 Å². The monoisotopic (exact) mass is 637 g/mol. The van der Waals surface area contributed by atoms with Crippen molar-refractivity contribution < 1.29 is 0 Å². The van der Waals surface area contributed by atoms with Gasteiger partial charge in [0, 0.05) is 45.0 Å². The molecular formula is C45H27N5. The first-order valence-corrected chi connectivity index (χ1v) is 16.6. The lowest BCUT2D eigenvalue weighted by molar-refractivity contribution is 1.10. The minimum Gasteiger partial charge on any atom is -0.309 e. The van der Waals surface area contributed by atoms with Gasteiger partial charge in [0.15, 0.2) is 0 Å². The van der Waals surface area contributed by atoms with E-state index in [1.807, 2.05) is 30.3 Å². The van der Waals surface area contributed by atoms with E-state index in [0.29, 0.717) is 11.4 Å². The molecule has 10 aromatic rings. The molecule has 4 heterocycles. The maximum absolute atomic E-state index is 10.2. The number of rotatable bonds is 4. The molecule has 0 aliphatic heterocycles. The van der Waals surface area contributed by atoms with Crippen molar-refractivity contribution in [2.24, 2.45) is 0 Å². The van der Waals surface area contributed by atoms with E-state index in [4.69, 9.17) is 4.98 Å². The number of nitriles is 1. The lowest BCUT2D eigenvalue weighted by Crippen LogP contribution is -1.99. The van der Waals surface area contributed by atoms with E-state index in [1.165, 1.54) is 21.8 Å². The molecule has 0 amide bonds. The highest BCUT2D eigenvalue weighted by atomic mass is 15.1. The molecule has 4 aromatic heterocycles. The number of nitrogens with zero attached hydrogens (tertiary/aromatic N) is 5. The maximum atomic E-state index is 10.2. The fourth-order valence-corrected chi connectivity index (χ4v) is 7.55. The molecule has 0 unspecified atom stereocenters. The van der Waals surface area contributed by atoms with Crippen LogP contribution in [0.2, 0.25) is 0 Å². The van der Waals surface area contributed by atoms with Crippen molar-refractivity contribution in [3.8, 4) is 39.8 Å². The van der Waals surface area contributed by atoms with E-state index in [2.05, 4.69) is 142 Å². The summed E-state index contributed by atoms with van der Waals surface area (Å²) < 4.78 is 4.54. The lowest BCUT2D eigenvalue weighted by atomic mass is 10.0. The van der Waals surface area contributed by atoms with Crippen LogP contribution in [-0.2, 0) is 0 Å². The molecule has 0 saturated carbocycles. The standard InChI is InChI=1S/C45H27N5/c46-28-33-27-45(48-40-25-31(14-17-35(33)40)29-20-22-47-23-21-29)50-42-13-7-5-11-37(42)39-24-30(16-19-43(39)50)32-15-18-38-36-10-4-6-12-41(36)49(44(38)26-32)34-8-2-1-3-9-34/h1-27H. The topological polar surface area (TPSA) is 59.4 Å². The van der Waals surface area contributed by atoms with Crippen molar-refractivity contribution >= 4 is 54.5 Å². The Labute approximate surface area is 287 Å². The second-order valence-corrected chi connectivity index (χ2v) is 12.6. The second-order valence-electron chi connectivity index (χ2n) is 12.6. The van der Waals surface area contributed by atoms with Gasteiger partial charge >= 0.3 is 0 Å². The number of aromatic nitrogens is 4. The molecule has 0 aliphatic carbocycles. The number of pyridine rings is 2. The Balaban J connectivity index is 1.17. The van der Waals surface area contributed by atoms with Gasteiger partial charge in [0.1, 0.15) is 5.82 Å². The second kappa shape index (κ2) is 11.0. The summed E-state index contributed by atoms with van der Waals surface area (Å²) in [6.45, 7) is 0. The summed E-state index contributed by atoms with van der Waals surface area (Å²) in [6, 6.07) is 55.5. The molecule has 0 fully saturated rings. The van der Waals surface area contributed by atoms with Crippen molar-refractivity contribution in [3.05, 3.63) is 170 Å². The Bertz CT molecular complexity index is 2980. The van der Waals surface area contributed by atoms with Crippen LogP contribution in [0.15, 0.2) is 164 Å². The van der Waals surface area contributed by atoms with E-state index in [0.717, 1.165) is 60.6 Å². The van der Waals surface area contributed by atoms with Gasteiger partial charge in [-0.2, -0.15) is 5.26 Å². The fraction of sp³-hybridized carbons (Fsp3) is 0. The average Bonchev–Trinajstić information content (AvgIpc) is 3.70. The van der Waals surface area contributed by atoms with E-state index >= 15 is 0 Å². The smallest absolute Gasteiger partial charge is 0.139 e. The Morgan fingerprint density at radius 2 is 1.04 bits per heavy atom. The summed E-state index contributed by atoms with van der Waals surface area (Å²) in [5.74, 6) is 0.716. The minimum atomic E-state index is 0.593. The molecule has 0 radical (unpaired) electrons. The first-order valence-electron chi connectivity index (χ1n) is 16.6. The third kappa shape index (κ3) is 4.26. The lowest BCUT2D eigenvalue weighted by Gasteiger charge is -2.11. The molecule has 232 valence electrons. The minimum absolute atomic E-state index is 0.593. The third-order valence-electron chi connectivity index (χ3n) is 9.85. The molecule has 0 aliphatic rings. The van der Waals surface area contributed by atoms with Crippen molar-refractivity contribution in [2.75, 3.05) is 0 Å². The molecule has 0 N–H and O–H groups in total. The zero-order valence-corrected chi connectivity index (χ0v) is 26.8. The van der Waals surface area contributed by atoms with E-state index in [1.54, 1.807) is 12.4 Å². The number of fused-ring (bicyclic) bond motifs is 7. The van der Waals surface area contributed by atoms with Crippen LogP contribution in [0.4, 0.5) is 0 Å². The van der Waals surface area contributed by atoms with E-state index in [-0.39, 0.29) is 0 Å². The van der Waals surface area contributed by atoms with Crippen LogP contribution in [0.3, 0.4) is 0 Å². The zero-order valence-electron chi connectivity index (χ0n) is 26.8. The molecule has 6 aromatic carbocycles. The molecule has 5 heteroatoms. The normalized spacial score (nSPS) is 11.6. The van der Waals surface area contributed by atoms with Gasteiger partial charge < -0.3 is 4.57 Å². The molecule has 0 spiro atoms.